The van der Waals surface area contributed by atoms with E-state index in [4.69, 9.17) is 4.98 Å². The second kappa shape index (κ2) is 7.69. The van der Waals surface area contributed by atoms with Gasteiger partial charge in [0, 0.05) is 29.7 Å². The summed E-state index contributed by atoms with van der Waals surface area (Å²) in [5.74, 6) is 0.518. The number of imidazole rings is 1. The number of nitrogens with one attached hydrogen (secondary N) is 1. The summed E-state index contributed by atoms with van der Waals surface area (Å²) in [6.45, 7) is 2.20. The van der Waals surface area contributed by atoms with Crippen molar-refractivity contribution in [2.75, 3.05) is 25.5 Å². The molecule has 1 aromatic carbocycles. The molecule has 1 fully saturated rings. The van der Waals surface area contributed by atoms with Crippen LogP contribution in [0.2, 0.25) is 0 Å². The Bertz CT molecular complexity index is 1400. The second-order valence-electron chi connectivity index (χ2n) is 8.29. The van der Waals surface area contributed by atoms with Gasteiger partial charge in [-0.05, 0) is 56.6 Å². The average Bonchev–Trinajstić information content (AvgIpc) is 3.46. The van der Waals surface area contributed by atoms with Gasteiger partial charge in [0.15, 0.2) is 5.65 Å². The fourth-order valence-electron chi connectivity index (χ4n) is 4.27. The third-order valence-electron chi connectivity index (χ3n) is 6.11. The van der Waals surface area contributed by atoms with Crippen molar-refractivity contribution in [3.05, 3.63) is 61.6 Å². The van der Waals surface area contributed by atoms with Gasteiger partial charge in [-0.1, -0.05) is 6.07 Å². The molecule has 0 aliphatic carbocycles. The van der Waals surface area contributed by atoms with E-state index in [2.05, 4.69) is 60.2 Å². The predicted molar refractivity (Wildman–Crippen MR) is 123 cm³/mol. The summed E-state index contributed by atoms with van der Waals surface area (Å²) in [5, 5.41) is 10.1. The van der Waals surface area contributed by atoms with Gasteiger partial charge in [0.2, 0.25) is 5.95 Å². The highest BCUT2D eigenvalue weighted by molar-refractivity contribution is 5.84. The second-order valence-corrected chi connectivity index (χ2v) is 8.29. The molecule has 0 spiro atoms. The minimum atomic E-state index is 0.439. The van der Waals surface area contributed by atoms with Crippen LogP contribution in [0.5, 0.6) is 0 Å². The van der Waals surface area contributed by atoms with Crippen LogP contribution in [0.4, 0.5) is 11.6 Å². The monoisotopic (exact) mass is 425 g/mol. The summed E-state index contributed by atoms with van der Waals surface area (Å²) < 4.78 is 4.03. The molecule has 160 valence electrons. The molecule has 0 saturated carbocycles. The normalized spacial score (nSPS) is 15.5. The van der Waals surface area contributed by atoms with Gasteiger partial charge in [-0.15, -0.1) is 0 Å². The Hall–Kier alpha value is -3.85. The van der Waals surface area contributed by atoms with Gasteiger partial charge >= 0.3 is 0 Å². The highest BCUT2D eigenvalue weighted by atomic mass is 15.3. The Morgan fingerprint density at radius 1 is 1.00 bits per heavy atom. The number of anilines is 2. The van der Waals surface area contributed by atoms with E-state index >= 15 is 0 Å². The smallest absolute Gasteiger partial charge is 0.229 e. The maximum absolute atomic E-state index is 4.74. The minimum Gasteiger partial charge on any atom is -0.321 e. The van der Waals surface area contributed by atoms with Crippen LogP contribution in [-0.4, -0.2) is 59.3 Å². The van der Waals surface area contributed by atoms with Gasteiger partial charge in [0.25, 0.3) is 0 Å². The lowest BCUT2D eigenvalue weighted by Gasteiger charge is -2.28. The van der Waals surface area contributed by atoms with E-state index in [0.29, 0.717) is 12.0 Å². The van der Waals surface area contributed by atoms with Crippen LogP contribution in [0.1, 0.15) is 18.9 Å². The van der Waals surface area contributed by atoms with Gasteiger partial charge in [-0.3, -0.25) is 14.2 Å². The Kier molecular flexibility index (Phi) is 4.53. The Morgan fingerprint density at radius 3 is 2.81 bits per heavy atom. The summed E-state index contributed by atoms with van der Waals surface area (Å²) >= 11 is 0. The van der Waals surface area contributed by atoms with E-state index in [0.717, 1.165) is 59.2 Å². The van der Waals surface area contributed by atoms with Crippen molar-refractivity contribution >= 4 is 33.6 Å². The molecule has 0 radical (unpaired) electrons. The highest BCUT2D eigenvalue weighted by Crippen LogP contribution is 2.24. The molecule has 1 aliphatic rings. The summed E-state index contributed by atoms with van der Waals surface area (Å²) in [4.78, 5) is 20.2. The van der Waals surface area contributed by atoms with Gasteiger partial charge in [-0.2, -0.15) is 10.1 Å². The molecule has 0 unspecified atom stereocenters. The fraction of sp³-hybridized carbons (Fsp3) is 0.261. The molecule has 6 rings (SSSR count). The van der Waals surface area contributed by atoms with Crippen LogP contribution < -0.4 is 5.32 Å². The van der Waals surface area contributed by atoms with Gasteiger partial charge in [-0.25, -0.2) is 9.97 Å². The molecule has 9 heteroatoms. The standard InChI is InChI=1S/C23H23N9/c1-30-8-5-19(6-9-30)32-14-18(12-27-32)28-23-25-13-21-22(29-23)31(15-26-21)20-3-2-16-4-7-24-11-17(16)10-20/h2-4,7,10-15,19H,5-6,8-9H2,1H3,(H,25,28,29). The number of nitrogens with zero attached hydrogens (tertiary/aromatic N) is 8. The Labute approximate surface area is 184 Å². The largest absolute Gasteiger partial charge is 0.321 e. The van der Waals surface area contributed by atoms with E-state index in [1.165, 1.54) is 0 Å². The maximum Gasteiger partial charge on any atom is 0.229 e. The number of fused-ring (bicyclic) bond motifs is 2. The SMILES string of the molecule is CN1CCC(n2cc(Nc3ncc4ncn(-c5ccc6ccncc6c5)c4n3)cn2)CC1. The molecular weight excluding hydrogens is 402 g/mol. The fourth-order valence-corrected chi connectivity index (χ4v) is 4.27. The molecule has 1 saturated heterocycles. The number of benzene rings is 1. The highest BCUT2D eigenvalue weighted by Gasteiger charge is 2.19. The van der Waals surface area contributed by atoms with E-state index < -0.39 is 0 Å². The first-order chi connectivity index (χ1) is 15.7. The lowest BCUT2D eigenvalue weighted by atomic mass is 10.1. The van der Waals surface area contributed by atoms with E-state index in [1.54, 1.807) is 18.7 Å². The molecule has 32 heavy (non-hydrogen) atoms. The van der Waals surface area contributed by atoms with Crippen molar-refractivity contribution in [1.29, 1.82) is 0 Å². The van der Waals surface area contributed by atoms with Crippen molar-refractivity contribution in [2.24, 2.45) is 0 Å². The zero-order valence-electron chi connectivity index (χ0n) is 17.8. The summed E-state index contributed by atoms with van der Waals surface area (Å²) in [6.07, 6.45) is 13.3. The Morgan fingerprint density at radius 2 is 1.91 bits per heavy atom. The van der Waals surface area contributed by atoms with Crippen LogP contribution >= 0.6 is 0 Å². The lowest BCUT2D eigenvalue weighted by molar-refractivity contribution is 0.212. The maximum atomic E-state index is 4.74. The molecule has 9 nitrogen and oxygen atoms in total. The first-order valence-electron chi connectivity index (χ1n) is 10.8. The molecule has 1 aliphatic heterocycles. The number of pyridine rings is 1. The van der Waals surface area contributed by atoms with Gasteiger partial charge < -0.3 is 10.2 Å². The molecule has 0 amide bonds. The third kappa shape index (κ3) is 3.46. The van der Waals surface area contributed by atoms with E-state index in [1.807, 2.05) is 29.2 Å². The predicted octanol–water partition coefficient (Wildman–Crippen LogP) is 3.57. The van der Waals surface area contributed by atoms with Crippen LogP contribution in [0.25, 0.3) is 27.6 Å². The molecule has 4 aromatic heterocycles. The minimum absolute atomic E-state index is 0.439. The van der Waals surface area contributed by atoms with Crippen molar-refractivity contribution in [3.63, 3.8) is 0 Å². The quantitative estimate of drug-likeness (QED) is 0.471. The first kappa shape index (κ1) is 18.9. The number of hydrogen-bond acceptors (Lipinski definition) is 7. The number of hydrogen-bond donors (Lipinski definition) is 1. The number of likely N-dealkylation sites (tertiary alicyclic amines) is 1. The zero-order valence-corrected chi connectivity index (χ0v) is 17.8. The summed E-state index contributed by atoms with van der Waals surface area (Å²) in [6, 6.07) is 8.67. The third-order valence-corrected chi connectivity index (χ3v) is 6.11. The summed E-state index contributed by atoms with van der Waals surface area (Å²) in [5.41, 5.74) is 3.34. The zero-order chi connectivity index (χ0) is 21.5. The molecule has 0 atom stereocenters. The van der Waals surface area contributed by atoms with Crippen LogP contribution in [0, 0.1) is 0 Å². The van der Waals surface area contributed by atoms with Crippen molar-refractivity contribution < 1.29 is 0 Å². The van der Waals surface area contributed by atoms with Crippen LogP contribution in [0.15, 0.2) is 61.6 Å². The van der Waals surface area contributed by atoms with Crippen LogP contribution in [-0.2, 0) is 0 Å². The lowest BCUT2D eigenvalue weighted by Crippen LogP contribution is -2.31. The molecule has 1 N–H and O–H groups in total. The first-order valence-corrected chi connectivity index (χ1v) is 10.8. The molecule has 5 heterocycles. The topological polar surface area (TPSA) is 89.6 Å². The molecule has 0 bridgehead atoms. The molecule has 5 aromatic rings. The number of rotatable bonds is 4. The summed E-state index contributed by atoms with van der Waals surface area (Å²) in [7, 11) is 2.17. The number of piperidine rings is 1. The average molecular weight is 426 g/mol. The van der Waals surface area contributed by atoms with Crippen molar-refractivity contribution in [3.8, 4) is 5.69 Å². The van der Waals surface area contributed by atoms with Crippen molar-refractivity contribution in [2.45, 2.75) is 18.9 Å². The van der Waals surface area contributed by atoms with Gasteiger partial charge in [0.1, 0.15) is 11.8 Å². The molecular formula is C23H23N9. The van der Waals surface area contributed by atoms with Crippen LogP contribution in [0.3, 0.4) is 0 Å². The number of aromatic nitrogens is 7. The Balaban J connectivity index is 1.28. The van der Waals surface area contributed by atoms with Gasteiger partial charge in [0.05, 0.1) is 24.1 Å². The van der Waals surface area contributed by atoms with E-state index in [-0.39, 0.29) is 0 Å². The van der Waals surface area contributed by atoms with E-state index in [9.17, 15) is 0 Å². The van der Waals surface area contributed by atoms with Crippen molar-refractivity contribution in [1.82, 2.24) is 39.2 Å².